The van der Waals surface area contributed by atoms with Gasteiger partial charge in [0.2, 0.25) is 0 Å². The van der Waals surface area contributed by atoms with E-state index in [2.05, 4.69) is 22.9 Å². The number of unbranched alkanes of at least 4 members (excludes halogenated alkanes) is 2. The second-order valence-corrected chi connectivity index (χ2v) is 14.7. The Kier molecular flexibility index (Phi) is 16.2. The zero-order valence-electron chi connectivity index (χ0n) is 29.3. The summed E-state index contributed by atoms with van der Waals surface area (Å²) >= 11 is 3.49. The predicted molar refractivity (Wildman–Crippen MR) is 194 cm³/mol. The molecule has 4 bridgehead atoms. The molecule has 0 spiro atoms. The zero-order valence-corrected chi connectivity index (χ0v) is 30.9. The summed E-state index contributed by atoms with van der Waals surface area (Å²) < 4.78 is 11.1. The molecule has 0 unspecified atom stereocenters. The third-order valence-corrected chi connectivity index (χ3v) is 10.6. The Hall–Kier alpha value is -3.34. The molecule has 0 aliphatic heterocycles. The summed E-state index contributed by atoms with van der Waals surface area (Å²) in [5.41, 5.74) is 12.9. The molecule has 2 amide bonds. The number of carbonyl (C=O) groups excluding carboxylic acids is 2. The number of primary amides is 2. The fraction of sp³-hybridized carbons (Fsp3) is 0.632. The molecule has 0 aromatic heterocycles. The highest BCUT2D eigenvalue weighted by Gasteiger charge is 2.30. The first-order chi connectivity index (χ1) is 23.4. The lowest BCUT2D eigenvalue weighted by Crippen LogP contribution is -2.22. The van der Waals surface area contributed by atoms with E-state index in [9.17, 15) is 30.0 Å². The van der Waals surface area contributed by atoms with Crippen molar-refractivity contribution in [3.8, 4) is 23.0 Å². The molecule has 6 rings (SSSR count). The lowest BCUT2D eigenvalue weighted by atomic mass is 9.83. The summed E-state index contributed by atoms with van der Waals surface area (Å²) in [4.78, 5) is 24.0. The number of nitrogens with two attached hydrogens (primary N) is 2. The molecular weight excluding hydrogens is 692 g/mol. The molecule has 6 atom stereocenters. The lowest BCUT2D eigenvalue weighted by molar-refractivity contribution is 0.0683. The van der Waals surface area contributed by atoms with Crippen LogP contribution in [-0.4, -0.2) is 37.9 Å². The van der Waals surface area contributed by atoms with E-state index in [0.717, 1.165) is 69.5 Å². The van der Waals surface area contributed by atoms with Crippen LogP contribution in [0.25, 0.3) is 0 Å². The summed E-state index contributed by atoms with van der Waals surface area (Å²) in [6.07, 6.45) is 7.68. The minimum atomic E-state index is -0.930. The normalized spacial score (nSPS) is 24.1. The molecule has 2 aromatic carbocycles. The van der Waals surface area contributed by atoms with Gasteiger partial charge in [-0.3, -0.25) is 0 Å². The van der Waals surface area contributed by atoms with E-state index in [0.29, 0.717) is 47.9 Å². The number of ether oxygens (including phenoxy) is 2. The number of carbonyl (C=O) groups is 2. The van der Waals surface area contributed by atoms with Gasteiger partial charge in [-0.15, -0.1) is 0 Å². The van der Waals surface area contributed by atoms with Crippen LogP contribution in [0.3, 0.4) is 0 Å². The van der Waals surface area contributed by atoms with Gasteiger partial charge >= 0.3 is 12.2 Å². The summed E-state index contributed by atoms with van der Waals surface area (Å²) in [5.74, 6) is -0.689. The van der Waals surface area contributed by atoms with E-state index in [1.54, 1.807) is 24.3 Å². The van der Waals surface area contributed by atoms with E-state index in [1.165, 1.54) is 0 Å². The van der Waals surface area contributed by atoms with Crippen molar-refractivity contribution in [3.63, 3.8) is 0 Å². The molecule has 274 valence electrons. The number of phenols is 4. The van der Waals surface area contributed by atoms with Gasteiger partial charge in [0.25, 0.3) is 0 Å². The lowest BCUT2D eigenvalue weighted by Gasteiger charge is -2.28. The molecule has 4 aliphatic rings. The van der Waals surface area contributed by atoms with Crippen LogP contribution < -0.4 is 11.5 Å². The highest BCUT2D eigenvalue weighted by molar-refractivity contribution is 9.09. The van der Waals surface area contributed by atoms with Gasteiger partial charge in [0.15, 0.2) is 0 Å². The molecule has 4 aliphatic carbocycles. The number of halogens is 1. The first-order valence-corrected chi connectivity index (χ1v) is 19.1. The Morgan fingerprint density at radius 2 is 1.04 bits per heavy atom. The van der Waals surface area contributed by atoms with Crippen LogP contribution in [0.1, 0.15) is 157 Å². The molecule has 8 N–H and O–H groups in total. The van der Waals surface area contributed by atoms with Crippen molar-refractivity contribution in [1.82, 2.24) is 0 Å². The third-order valence-electron chi connectivity index (χ3n) is 10.1. The van der Waals surface area contributed by atoms with E-state index >= 15 is 0 Å². The third kappa shape index (κ3) is 11.6. The molecule has 0 heterocycles. The van der Waals surface area contributed by atoms with Gasteiger partial charge in [0, 0.05) is 27.6 Å². The first kappa shape index (κ1) is 40.1. The maximum atomic E-state index is 12.0. The maximum absolute atomic E-state index is 12.0. The average Bonchev–Trinajstić information content (AvgIpc) is 3.03. The van der Waals surface area contributed by atoms with Gasteiger partial charge in [-0.2, -0.15) is 0 Å². The summed E-state index contributed by atoms with van der Waals surface area (Å²) in [6, 6.07) is 6.36. The van der Waals surface area contributed by atoms with Gasteiger partial charge in [0.05, 0.1) is 0 Å². The van der Waals surface area contributed by atoms with E-state index < -0.39 is 24.4 Å². The number of benzene rings is 2. The predicted octanol–water partition coefficient (Wildman–Crippen LogP) is 9.81. The van der Waals surface area contributed by atoms with Crippen molar-refractivity contribution in [2.24, 2.45) is 23.3 Å². The highest BCUT2D eigenvalue weighted by atomic mass is 79.9. The standard InChI is InChI=1S/C38H57BrN2O8/c1-4-5-14-25-15-8-6-12-23(2)36(49-38(41)47)28-21-31(44)34(32(45)22-28)26(17-10-11-18-39)16-9-7-13-24(3)35(48-37(40)46)27-19-29(42)33(25)30(43)20-27/h19-26,35-36,42-45H,4-18H2,1-3H3,(H2,40,46)(H2,41,47)/t23-,24-,25-,26+,35+,36+/m0/s1. The van der Waals surface area contributed by atoms with Crippen LogP contribution in [-0.2, 0) is 9.47 Å². The summed E-state index contributed by atoms with van der Waals surface area (Å²) in [6.45, 7) is 6.00. The monoisotopic (exact) mass is 748 g/mol. The van der Waals surface area contributed by atoms with Crippen LogP contribution >= 0.6 is 15.9 Å². The van der Waals surface area contributed by atoms with Gasteiger partial charge in [-0.05, 0) is 92.9 Å². The highest BCUT2D eigenvalue weighted by Crippen LogP contribution is 2.46. The fourth-order valence-electron chi connectivity index (χ4n) is 7.55. The van der Waals surface area contributed by atoms with Crippen LogP contribution in [0.2, 0.25) is 0 Å². The second-order valence-electron chi connectivity index (χ2n) is 13.9. The van der Waals surface area contributed by atoms with Crippen molar-refractivity contribution in [1.29, 1.82) is 0 Å². The summed E-state index contributed by atoms with van der Waals surface area (Å²) in [5, 5.41) is 46.1. The van der Waals surface area contributed by atoms with Crippen molar-refractivity contribution >= 4 is 28.1 Å². The molecule has 0 saturated heterocycles. The minimum Gasteiger partial charge on any atom is -0.508 e. The Bertz CT molecular complexity index is 1330. The number of aromatic hydroxyl groups is 4. The van der Waals surface area contributed by atoms with Crippen LogP contribution in [0.5, 0.6) is 23.0 Å². The quantitative estimate of drug-likeness (QED) is 0.108. The maximum Gasteiger partial charge on any atom is 0.405 e. The summed E-state index contributed by atoms with van der Waals surface area (Å²) in [7, 11) is 0. The second kappa shape index (κ2) is 19.7. The number of rotatable bonds is 9. The Labute approximate surface area is 299 Å². The molecule has 2 aromatic rings. The number of hydrogen-bond donors (Lipinski definition) is 6. The number of hydrogen-bond acceptors (Lipinski definition) is 8. The first-order valence-electron chi connectivity index (χ1n) is 18.0. The molecule has 10 nitrogen and oxygen atoms in total. The van der Waals surface area contributed by atoms with Crippen LogP contribution in [0, 0.1) is 11.8 Å². The Morgan fingerprint density at radius 1 is 0.673 bits per heavy atom. The van der Waals surface area contributed by atoms with Crippen LogP contribution in [0.15, 0.2) is 24.3 Å². The van der Waals surface area contributed by atoms with Crippen molar-refractivity contribution in [2.45, 2.75) is 135 Å². The Balaban J connectivity index is 2.04. The topological polar surface area (TPSA) is 186 Å². The molecular formula is C38H57BrN2O8. The van der Waals surface area contributed by atoms with E-state index in [-0.39, 0.29) is 46.7 Å². The average molecular weight is 750 g/mol. The smallest absolute Gasteiger partial charge is 0.405 e. The number of amides is 2. The van der Waals surface area contributed by atoms with Crippen LogP contribution in [0.4, 0.5) is 9.59 Å². The van der Waals surface area contributed by atoms with Gasteiger partial charge in [-0.25, -0.2) is 9.59 Å². The minimum absolute atomic E-state index is 0.0271. The molecule has 0 saturated carbocycles. The van der Waals surface area contributed by atoms with Crippen molar-refractivity contribution < 1.29 is 39.5 Å². The Morgan fingerprint density at radius 3 is 1.39 bits per heavy atom. The fourth-order valence-corrected chi connectivity index (χ4v) is 7.94. The van der Waals surface area contributed by atoms with E-state index in [4.69, 9.17) is 20.9 Å². The molecule has 11 heteroatoms. The largest absolute Gasteiger partial charge is 0.508 e. The SMILES string of the molecule is CCCC[C@H]1CCCC[C@H](C)[C@@H](OC(N)=O)c2cc(O)c(c(O)c2)[C@@H](CCCCBr)CCCC[C@H](C)[C@@H](OC(N)=O)c2cc(O)c1c(O)c2. The van der Waals surface area contributed by atoms with E-state index in [1.807, 2.05) is 13.8 Å². The molecule has 49 heavy (non-hydrogen) atoms. The van der Waals surface area contributed by atoms with Crippen molar-refractivity contribution in [3.05, 3.63) is 46.5 Å². The molecule has 0 radical (unpaired) electrons. The van der Waals surface area contributed by atoms with Gasteiger partial charge in [0.1, 0.15) is 35.2 Å². The number of phenolic OH excluding ortho intramolecular Hbond substituents is 4. The zero-order chi connectivity index (χ0) is 36.1. The van der Waals surface area contributed by atoms with Crippen molar-refractivity contribution in [2.75, 3.05) is 5.33 Å². The van der Waals surface area contributed by atoms with Gasteiger partial charge < -0.3 is 41.4 Å². The molecule has 0 fully saturated rings. The van der Waals surface area contributed by atoms with Gasteiger partial charge in [-0.1, -0.05) is 81.6 Å². The number of alkyl halides is 1.